The van der Waals surface area contributed by atoms with Gasteiger partial charge in [0.2, 0.25) is 0 Å². The van der Waals surface area contributed by atoms with Crippen LogP contribution in [-0.4, -0.2) is 51.2 Å². The van der Waals surface area contributed by atoms with Crippen molar-refractivity contribution in [2.45, 2.75) is 50.4 Å². The first-order valence-electron chi connectivity index (χ1n) is 9.76. The van der Waals surface area contributed by atoms with E-state index in [1.807, 2.05) is 37.9 Å². The average Bonchev–Trinajstić information content (AvgIpc) is 3.10. The van der Waals surface area contributed by atoms with Crippen molar-refractivity contribution in [3.8, 4) is 0 Å². The fourth-order valence-corrected chi connectivity index (χ4v) is 4.17. The van der Waals surface area contributed by atoms with E-state index in [9.17, 15) is 0 Å². The van der Waals surface area contributed by atoms with Gasteiger partial charge in [0, 0.05) is 57.1 Å². The summed E-state index contributed by atoms with van der Waals surface area (Å²) in [5, 5.41) is 3.89. The molecule has 1 N–H and O–H groups in total. The maximum absolute atomic E-state index is 6.09. The zero-order valence-corrected chi connectivity index (χ0v) is 15.6. The highest BCUT2D eigenvalue weighted by Gasteiger charge is 2.32. The molecule has 4 heterocycles. The van der Waals surface area contributed by atoms with E-state index in [1.165, 1.54) is 18.4 Å². The molecule has 2 aliphatic rings. The smallest absolute Gasteiger partial charge is 0.139 e. The summed E-state index contributed by atoms with van der Waals surface area (Å²) in [5.41, 5.74) is 1.30. The molecular weight excluding hydrogens is 326 g/mol. The third kappa shape index (κ3) is 4.14. The third-order valence-electron chi connectivity index (χ3n) is 5.60. The molecule has 2 aliphatic heterocycles. The number of ether oxygens (including phenoxy) is 1. The third-order valence-corrected chi connectivity index (χ3v) is 5.60. The summed E-state index contributed by atoms with van der Waals surface area (Å²) < 4.78 is 8.18. The van der Waals surface area contributed by atoms with Crippen molar-refractivity contribution in [3.05, 3.63) is 48.3 Å². The van der Waals surface area contributed by atoms with Crippen molar-refractivity contribution in [1.82, 2.24) is 24.8 Å². The number of imidazole rings is 1. The fraction of sp³-hybridized carbons (Fsp3) is 0.600. The molecule has 0 saturated carbocycles. The van der Waals surface area contributed by atoms with Gasteiger partial charge >= 0.3 is 0 Å². The monoisotopic (exact) mass is 355 g/mol. The molecule has 2 fully saturated rings. The van der Waals surface area contributed by atoms with Gasteiger partial charge in [-0.3, -0.25) is 9.88 Å². The Kier molecular flexibility index (Phi) is 5.62. The molecule has 26 heavy (non-hydrogen) atoms. The summed E-state index contributed by atoms with van der Waals surface area (Å²) in [6.07, 6.45) is 12.4. The van der Waals surface area contributed by atoms with Crippen molar-refractivity contribution in [2.75, 3.05) is 19.7 Å². The Hall–Kier alpha value is -1.76. The first-order chi connectivity index (χ1) is 12.8. The molecule has 0 unspecified atom stereocenters. The lowest BCUT2D eigenvalue weighted by Crippen LogP contribution is -2.49. The zero-order chi connectivity index (χ0) is 17.8. The first-order valence-corrected chi connectivity index (χ1v) is 9.76. The largest absolute Gasteiger partial charge is 0.369 e. The van der Waals surface area contributed by atoms with Crippen LogP contribution in [0, 0.1) is 0 Å². The van der Waals surface area contributed by atoms with E-state index in [1.54, 1.807) is 0 Å². The minimum Gasteiger partial charge on any atom is -0.369 e. The number of hydrogen-bond acceptors (Lipinski definition) is 5. The summed E-state index contributed by atoms with van der Waals surface area (Å²) in [6, 6.07) is 5.10. The normalized spacial score (nSPS) is 25.4. The molecular formula is C20H29N5O. The number of nitrogens with zero attached hydrogens (tertiary/aromatic N) is 4. The second-order valence-electron chi connectivity index (χ2n) is 7.51. The van der Waals surface area contributed by atoms with Gasteiger partial charge < -0.3 is 14.6 Å². The lowest BCUT2D eigenvalue weighted by Gasteiger charge is -2.38. The Morgan fingerprint density at radius 2 is 2.12 bits per heavy atom. The molecule has 0 aromatic carbocycles. The van der Waals surface area contributed by atoms with Crippen LogP contribution < -0.4 is 5.32 Å². The van der Waals surface area contributed by atoms with E-state index >= 15 is 0 Å². The van der Waals surface area contributed by atoms with E-state index in [2.05, 4.69) is 30.8 Å². The lowest BCUT2D eigenvalue weighted by molar-refractivity contribution is -0.0227. The number of pyridine rings is 1. The Bertz CT molecular complexity index is 681. The number of nitrogens with one attached hydrogen (secondary N) is 1. The molecule has 4 rings (SSSR count). The van der Waals surface area contributed by atoms with Crippen LogP contribution in [0.3, 0.4) is 0 Å². The van der Waals surface area contributed by atoms with E-state index in [-0.39, 0.29) is 6.10 Å². The maximum atomic E-state index is 6.09. The number of hydrogen-bond donors (Lipinski definition) is 1. The molecule has 0 spiro atoms. The minimum atomic E-state index is 0.0668. The van der Waals surface area contributed by atoms with Crippen LogP contribution in [0.2, 0.25) is 0 Å². The van der Waals surface area contributed by atoms with Crippen LogP contribution in [0.5, 0.6) is 0 Å². The predicted octanol–water partition coefficient (Wildman–Crippen LogP) is 2.29. The number of aromatic nitrogens is 3. The van der Waals surface area contributed by atoms with Crippen molar-refractivity contribution < 1.29 is 4.74 Å². The van der Waals surface area contributed by atoms with Crippen molar-refractivity contribution in [3.63, 3.8) is 0 Å². The average molecular weight is 355 g/mol. The fourth-order valence-electron chi connectivity index (χ4n) is 4.17. The minimum absolute atomic E-state index is 0.0668. The number of rotatable bonds is 5. The van der Waals surface area contributed by atoms with Gasteiger partial charge in [0.15, 0.2) is 0 Å². The Morgan fingerprint density at radius 1 is 1.23 bits per heavy atom. The molecule has 2 aromatic rings. The van der Waals surface area contributed by atoms with Gasteiger partial charge in [-0.25, -0.2) is 4.98 Å². The summed E-state index contributed by atoms with van der Waals surface area (Å²) in [4.78, 5) is 11.3. The molecule has 0 aliphatic carbocycles. The van der Waals surface area contributed by atoms with Gasteiger partial charge in [0.25, 0.3) is 0 Å². The molecule has 2 aromatic heterocycles. The van der Waals surface area contributed by atoms with Gasteiger partial charge in [-0.1, -0.05) is 6.07 Å². The molecule has 0 amide bonds. The van der Waals surface area contributed by atoms with Crippen LogP contribution in [-0.2, 0) is 18.3 Å². The maximum Gasteiger partial charge on any atom is 0.139 e. The summed E-state index contributed by atoms with van der Waals surface area (Å²) >= 11 is 0. The second-order valence-corrected chi connectivity index (χ2v) is 7.51. The van der Waals surface area contributed by atoms with Crippen LogP contribution >= 0.6 is 0 Å². The van der Waals surface area contributed by atoms with Crippen molar-refractivity contribution >= 4 is 0 Å². The number of piperidine rings is 1. The van der Waals surface area contributed by atoms with E-state index in [0.717, 1.165) is 44.9 Å². The van der Waals surface area contributed by atoms with Gasteiger partial charge in [-0.2, -0.15) is 0 Å². The highest BCUT2D eigenvalue weighted by atomic mass is 16.5. The van der Waals surface area contributed by atoms with Crippen molar-refractivity contribution in [2.24, 2.45) is 7.05 Å². The highest BCUT2D eigenvalue weighted by molar-refractivity contribution is 5.08. The molecule has 0 bridgehead atoms. The van der Waals surface area contributed by atoms with Crippen LogP contribution in [0.1, 0.15) is 43.2 Å². The van der Waals surface area contributed by atoms with Crippen LogP contribution in [0.4, 0.5) is 0 Å². The van der Waals surface area contributed by atoms with E-state index in [0.29, 0.717) is 12.1 Å². The SMILES string of the molecule is Cn1ccnc1[C@H]1OCCC[C@@H]1NC1CCN(Cc2cccnc2)CC1. The van der Waals surface area contributed by atoms with E-state index in [4.69, 9.17) is 4.74 Å². The van der Waals surface area contributed by atoms with Gasteiger partial charge in [-0.15, -0.1) is 0 Å². The zero-order valence-electron chi connectivity index (χ0n) is 15.6. The Balaban J connectivity index is 1.31. The molecule has 0 radical (unpaired) electrons. The first kappa shape index (κ1) is 17.6. The van der Waals surface area contributed by atoms with Crippen molar-refractivity contribution in [1.29, 1.82) is 0 Å². The highest BCUT2D eigenvalue weighted by Crippen LogP contribution is 2.28. The Labute approximate surface area is 155 Å². The molecule has 2 saturated heterocycles. The second kappa shape index (κ2) is 8.29. The summed E-state index contributed by atoms with van der Waals surface area (Å²) in [5.74, 6) is 1.04. The van der Waals surface area contributed by atoms with Gasteiger partial charge in [-0.05, 0) is 50.4 Å². The number of likely N-dealkylation sites (tertiary alicyclic amines) is 1. The molecule has 140 valence electrons. The van der Waals surface area contributed by atoms with Gasteiger partial charge in [0.05, 0.1) is 0 Å². The van der Waals surface area contributed by atoms with Crippen LogP contribution in [0.15, 0.2) is 36.9 Å². The number of aryl methyl sites for hydroxylation is 1. The summed E-state index contributed by atoms with van der Waals surface area (Å²) in [7, 11) is 2.05. The lowest BCUT2D eigenvalue weighted by atomic mass is 9.97. The predicted molar refractivity (Wildman–Crippen MR) is 101 cm³/mol. The molecule has 6 heteroatoms. The van der Waals surface area contributed by atoms with Gasteiger partial charge in [0.1, 0.15) is 11.9 Å². The standard InChI is InChI=1S/C20H29N5O/c1-24-12-9-22-20(24)19-18(5-3-13-26-19)23-17-6-10-25(11-7-17)15-16-4-2-8-21-14-16/h2,4,8-9,12,14,17-19,23H,3,5-7,10-11,13,15H2,1H3/t18-,19-/m0/s1. The Morgan fingerprint density at radius 3 is 2.85 bits per heavy atom. The quantitative estimate of drug-likeness (QED) is 0.892. The molecule has 6 nitrogen and oxygen atoms in total. The van der Waals surface area contributed by atoms with E-state index < -0.39 is 0 Å². The van der Waals surface area contributed by atoms with Crippen LogP contribution in [0.25, 0.3) is 0 Å². The molecule has 2 atom stereocenters. The summed E-state index contributed by atoms with van der Waals surface area (Å²) in [6.45, 7) is 4.10. The topological polar surface area (TPSA) is 55.2 Å².